The molecular weight excluding hydrogens is 338 g/mol. The molecule has 136 valence electrons. The Morgan fingerprint density at radius 1 is 1.15 bits per heavy atom. The summed E-state index contributed by atoms with van der Waals surface area (Å²) >= 11 is 0. The Labute approximate surface area is 157 Å². The van der Waals surface area contributed by atoms with Gasteiger partial charge in [0.15, 0.2) is 5.82 Å². The van der Waals surface area contributed by atoms with E-state index in [2.05, 4.69) is 41.6 Å². The molecule has 1 saturated heterocycles. The van der Waals surface area contributed by atoms with Crippen molar-refractivity contribution >= 4 is 5.78 Å². The Hall–Kier alpha value is -3.06. The van der Waals surface area contributed by atoms with E-state index in [1.165, 1.54) is 0 Å². The summed E-state index contributed by atoms with van der Waals surface area (Å²) in [5, 5.41) is 7.38. The molecule has 1 atom stereocenters. The predicted octanol–water partition coefficient (Wildman–Crippen LogP) is 3.16. The average Bonchev–Trinajstić information content (AvgIpc) is 3.42. The van der Waals surface area contributed by atoms with Crippen LogP contribution in [-0.4, -0.2) is 41.0 Å². The van der Waals surface area contributed by atoms with Gasteiger partial charge in [0.2, 0.25) is 5.78 Å². The third-order valence-corrected chi connectivity index (χ3v) is 5.18. The van der Waals surface area contributed by atoms with E-state index in [4.69, 9.17) is 4.98 Å². The highest BCUT2D eigenvalue weighted by atomic mass is 15.3. The zero-order valence-electron chi connectivity index (χ0n) is 15.2. The van der Waals surface area contributed by atoms with E-state index in [-0.39, 0.29) is 6.04 Å². The first kappa shape index (κ1) is 16.1. The van der Waals surface area contributed by atoms with Gasteiger partial charge in [0, 0.05) is 24.5 Å². The van der Waals surface area contributed by atoms with Crippen molar-refractivity contribution in [2.75, 3.05) is 6.54 Å². The van der Waals surface area contributed by atoms with Crippen LogP contribution in [0.5, 0.6) is 0 Å². The molecule has 7 heteroatoms. The molecule has 7 nitrogen and oxygen atoms in total. The molecule has 4 heterocycles. The number of nitrogens with zero attached hydrogens (tertiary/aromatic N) is 6. The van der Waals surface area contributed by atoms with E-state index in [0.29, 0.717) is 0 Å². The molecule has 0 amide bonds. The van der Waals surface area contributed by atoms with E-state index in [1.54, 1.807) is 6.20 Å². The van der Waals surface area contributed by atoms with E-state index in [1.807, 2.05) is 37.4 Å². The minimum Gasteiger partial charge on any atom is -0.287 e. The summed E-state index contributed by atoms with van der Waals surface area (Å²) in [5.41, 5.74) is 3.26. The number of fused-ring (bicyclic) bond motifs is 1. The zero-order chi connectivity index (χ0) is 18.2. The minimum absolute atomic E-state index is 0.237. The molecule has 1 aromatic carbocycles. The van der Waals surface area contributed by atoms with Crippen LogP contribution in [0.1, 0.15) is 36.2 Å². The number of aromatic amines is 1. The molecule has 0 bridgehead atoms. The predicted molar refractivity (Wildman–Crippen MR) is 102 cm³/mol. The lowest BCUT2D eigenvalue weighted by Gasteiger charge is -2.22. The maximum atomic E-state index is 4.81. The summed E-state index contributed by atoms with van der Waals surface area (Å²) in [6.45, 7) is 3.76. The quantitative estimate of drug-likeness (QED) is 0.606. The average molecular weight is 359 g/mol. The topological polar surface area (TPSA) is 75.0 Å². The van der Waals surface area contributed by atoms with Crippen LogP contribution >= 0.6 is 0 Å². The van der Waals surface area contributed by atoms with Gasteiger partial charge >= 0.3 is 0 Å². The van der Waals surface area contributed by atoms with Crippen LogP contribution in [0.4, 0.5) is 0 Å². The van der Waals surface area contributed by atoms with E-state index < -0.39 is 0 Å². The smallest absolute Gasteiger partial charge is 0.234 e. The molecule has 1 aliphatic rings. The van der Waals surface area contributed by atoms with Crippen molar-refractivity contribution in [2.45, 2.75) is 32.4 Å². The molecule has 0 unspecified atom stereocenters. The fourth-order valence-corrected chi connectivity index (χ4v) is 3.92. The molecule has 0 radical (unpaired) electrons. The second kappa shape index (κ2) is 6.59. The third kappa shape index (κ3) is 2.90. The van der Waals surface area contributed by atoms with Gasteiger partial charge < -0.3 is 0 Å². The van der Waals surface area contributed by atoms with Gasteiger partial charge in [0.25, 0.3) is 0 Å². The van der Waals surface area contributed by atoms with Crippen molar-refractivity contribution in [3.63, 3.8) is 0 Å². The number of rotatable bonds is 4. The second-order valence-electron chi connectivity index (χ2n) is 6.97. The van der Waals surface area contributed by atoms with Crippen LogP contribution in [0.3, 0.4) is 0 Å². The number of benzene rings is 1. The van der Waals surface area contributed by atoms with Crippen molar-refractivity contribution in [3.05, 3.63) is 66.1 Å². The third-order valence-electron chi connectivity index (χ3n) is 5.18. The molecular formula is C20H21N7. The molecule has 27 heavy (non-hydrogen) atoms. The molecule has 5 rings (SSSR count). The molecule has 0 saturated carbocycles. The van der Waals surface area contributed by atoms with Crippen molar-refractivity contribution in [2.24, 2.45) is 0 Å². The number of H-pyrrole nitrogens is 1. The van der Waals surface area contributed by atoms with Crippen LogP contribution in [0.25, 0.3) is 17.0 Å². The highest BCUT2D eigenvalue weighted by Crippen LogP contribution is 2.33. The summed E-state index contributed by atoms with van der Waals surface area (Å²) in [4.78, 5) is 16.3. The summed E-state index contributed by atoms with van der Waals surface area (Å²) in [6.07, 6.45) is 6.05. The molecule has 1 fully saturated rings. The molecule has 1 aliphatic heterocycles. The van der Waals surface area contributed by atoms with Gasteiger partial charge in [-0.3, -0.25) is 14.4 Å². The van der Waals surface area contributed by atoms with Crippen LogP contribution in [0.2, 0.25) is 0 Å². The summed E-state index contributed by atoms with van der Waals surface area (Å²) in [7, 11) is 0. The Bertz CT molecular complexity index is 1070. The van der Waals surface area contributed by atoms with Crippen LogP contribution in [0, 0.1) is 6.92 Å². The SMILES string of the molecule is Cc1nc([C@H]2CCCN2Cc2c(-c3ccccc3)nc3ncccn23)n[nH]1. The number of aryl methyl sites for hydroxylation is 1. The summed E-state index contributed by atoms with van der Waals surface area (Å²) in [5.74, 6) is 2.48. The van der Waals surface area contributed by atoms with Crippen LogP contribution in [0.15, 0.2) is 48.8 Å². The van der Waals surface area contributed by atoms with E-state index >= 15 is 0 Å². The van der Waals surface area contributed by atoms with Gasteiger partial charge in [-0.1, -0.05) is 30.3 Å². The first-order chi connectivity index (χ1) is 13.3. The standard InChI is InChI=1S/C20H21N7/c1-14-22-19(25-24-14)16-9-5-11-26(16)13-17-18(15-7-3-2-4-8-15)23-20-21-10-6-12-27(17)20/h2-4,6-8,10,12,16H,5,9,11,13H2,1H3,(H,22,24,25)/t16-/m1/s1. The van der Waals surface area contributed by atoms with Gasteiger partial charge in [-0.2, -0.15) is 5.10 Å². The minimum atomic E-state index is 0.237. The summed E-state index contributed by atoms with van der Waals surface area (Å²) in [6, 6.07) is 12.5. The monoisotopic (exact) mass is 359 g/mol. The summed E-state index contributed by atoms with van der Waals surface area (Å²) < 4.78 is 2.10. The van der Waals surface area contributed by atoms with Crippen LogP contribution < -0.4 is 0 Å². The second-order valence-corrected chi connectivity index (χ2v) is 6.97. The normalized spacial score (nSPS) is 17.7. The van der Waals surface area contributed by atoms with Gasteiger partial charge in [-0.25, -0.2) is 15.0 Å². The molecule has 0 aliphatic carbocycles. The number of likely N-dealkylation sites (tertiary alicyclic amines) is 1. The number of nitrogens with one attached hydrogen (secondary N) is 1. The number of hydrogen-bond acceptors (Lipinski definition) is 5. The Morgan fingerprint density at radius 3 is 2.85 bits per heavy atom. The van der Waals surface area contributed by atoms with Crippen LogP contribution in [-0.2, 0) is 6.54 Å². The maximum absolute atomic E-state index is 4.81. The van der Waals surface area contributed by atoms with Crippen molar-refractivity contribution in [3.8, 4) is 11.3 Å². The zero-order valence-corrected chi connectivity index (χ0v) is 15.2. The first-order valence-corrected chi connectivity index (χ1v) is 9.30. The Balaban J connectivity index is 1.56. The Morgan fingerprint density at radius 2 is 2.04 bits per heavy atom. The van der Waals surface area contributed by atoms with Crippen molar-refractivity contribution in [1.29, 1.82) is 0 Å². The maximum Gasteiger partial charge on any atom is 0.234 e. The number of imidazole rings is 1. The number of hydrogen-bond donors (Lipinski definition) is 1. The van der Waals surface area contributed by atoms with E-state index in [9.17, 15) is 0 Å². The fourth-order valence-electron chi connectivity index (χ4n) is 3.92. The molecule has 0 spiro atoms. The largest absolute Gasteiger partial charge is 0.287 e. The lowest BCUT2D eigenvalue weighted by Crippen LogP contribution is -2.24. The van der Waals surface area contributed by atoms with Gasteiger partial charge in [-0.15, -0.1) is 0 Å². The molecule has 3 aromatic heterocycles. The lowest BCUT2D eigenvalue weighted by molar-refractivity contribution is 0.237. The van der Waals surface area contributed by atoms with E-state index in [0.717, 1.165) is 60.3 Å². The first-order valence-electron chi connectivity index (χ1n) is 9.30. The van der Waals surface area contributed by atoms with Gasteiger partial charge in [0.1, 0.15) is 5.82 Å². The highest BCUT2D eigenvalue weighted by Gasteiger charge is 2.30. The Kier molecular flexibility index (Phi) is 3.94. The van der Waals surface area contributed by atoms with Crippen molar-refractivity contribution < 1.29 is 0 Å². The molecule has 1 N–H and O–H groups in total. The molecule has 4 aromatic rings. The number of aromatic nitrogens is 6. The lowest BCUT2D eigenvalue weighted by atomic mass is 10.1. The highest BCUT2D eigenvalue weighted by molar-refractivity contribution is 5.65. The van der Waals surface area contributed by atoms with Gasteiger partial charge in [-0.05, 0) is 32.4 Å². The van der Waals surface area contributed by atoms with Crippen molar-refractivity contribution in [1.82, 2.24) is 34.4 Å². The van der Waals surface area contributed by atoms with Gasteiger partial charge in [0.05, 0.1) is 17.4 Å². The fraction of sp³-hybridized carbons (Fsp3) is 0.300.